The molecule has 0 bridgehead atoms. The lowest BCUT2D eigenvalue weighted by Gasteiger charge is -2.13. The lowest BCUT2D eigenvalue weighted by Crippen LogP contribution is -2.34. The summed E-state index contributed by atoms with van der Waals surface area (Å²) >= 11 is 10.1. The Hall–Kier alpha value is -2.89. The highest BCUT2D eigenvalue weighted by Gasteiger charge is 2.17. The number of nitrogens with one attached hydrogen (secondary N) is 2. The first-order valence-electron chi connectivity index (χ1n) is 8.70. The van der Waals surface area contributed by atoms with Gasteiger partial charge in [0.1, 0.15) is 10.8 Å². The molecule has 0 aliphatic carbocycles. The Morgan fingerprint density at radius 2 is 2.03 bits per heavy atom. The molecule has 0 unspecified atom stereocenters. The number of para-hydroxylation sites is 1. The van der Waals surface area contributed by atoms with Gasteiger partial charge in [0, 0.05) is 10.0 Å². The fraction of sp³-hybridized carbons (Fsp3) is 0.105. The maximum atomic E-state index is 12.7. The van der Waals surface area contributed by atoms with Crippen molar-refractivity contribution in [2.75, 3.05) is 12.4 Å². The number of nitrogens with zero attached hydrogens (tertiary/aromatic N) is 4. The van der Waals surface area contributed by atoms with Crippen molar-refractivity contribution in [1.29, 1.82) is 0 Å². The molecule has 8 nitrogen and oxygen atoms in total. The van der Waals surface area contributed by atoms with Gasteiger partial charge in [-0.05, 0) is 49.5 Å². The van der Waals surface area contributed by atoms with Gasteiger partial charge in [-0.15, -0.1) is 10.2 Å². The van der Waals surface area contributed by atoms with Gasteiger partial charge in [0.15, 0.2) is 10.9 Å². The summed E-state index contributed by atoms with van der Waals surface area (Å²) in [4.78, 5) is 13.4. The lowest BCUT2D eigenvalue weighted by atomic mass is 10.2. The second-order valence-electron chi connectivity index (χ2n) is 6.15. The fourth-order valence-corrected chi connectivity index (χ4v) is 4.27. The first-order chi connectivity index (χ1) is 14.5. The highest BCUT2D eigenvalue weighted by atomic mass is 79.9. The molecule has 0 spiro atoms. The van der Waals surface area contributed by atoms with Crippen LogP contribution in [0.25, 0.3) is 15.5 Å². The second-order valence-corrected chi connectivity index (χ2v) is 8.43. The molecule has 0 saturated carbocycles. The minimum Gasteiger partial charge on any atom is -0.496 e. The van der Waals surface area contributed by atoms with Gasteiger partial charge < -0.3 is 10.1 Å². The zero-order chi connectivity index (χ0) is 21.3. The number of hydrogen-bond acceptors (Lipinski definition) is 7. The van der Waals surface area contributed by atoms with Gasteiger partial charge >= 0.3 is 0 Å². The van der Waals surface area contributed by atoms with E-state index in [1.165, 1.54) is 18.4 Å². The SMILES string of the molecule is COc1ccc(Br)cc1C(=O)NC(=S)Nc1ccccc1-c1nn2c(C)nnc2s1. The Kier molecular flexibility index (Phi) is 5.75. The lowest BCUT2D eigenvalue weighted by molar-refractivity contribution is 0.0974. The van der Waals surface area contributed by atoms with Crippen LogP contribution < -0.4 is 15.4 Å². The number of halogens is 1. The number of fused-ring (bicyclic) bond motifs is 1. The summed E-state index contributed by atoms with van der Waals surface area (Å²) in [6.07, 6.45) is 0. The van der Waals surface area contributed by atoms with Gasteiger partial charge in [-0.3, -0.25) is 10.1 Å². The topological polar surface area (TPSA) is 93.4 Å². The molecule has 152 valence electrons. The van der Waals surface area contributed by atoms with Crippen molar-refractivity contribution < 1.29 is 9.53 Å². The molecule has 0 atom stereocenters. The predicted octanol–water partition coefficient (Wildman–Crippen LogP) is 4.06. The zero-order valence-electron chi connectivity index (χ0n) is 15.8. The molecule has 11 heteroatoms. The summed E-state index contributed by atoms with van der Waals surface area (Å²) in [5.41, 5.74) is 1.92. The molecule has 0 radical (unpaired) electrons. The number of aryl methyl sites for hydroxylation is 1. The Labute approximate surface area is 189 Å². The van der Waals surface area contributed by atoms with E-state index in [4.69, 9.17) is 17.0 Å². The van der Waals surface area contributed by atoms with Crippen molar-refractivity contribution in [2.45, 2.75) is 6.92 Å². The molecule has 1 amide bonds. The average Bonchev–Trinajstić information content (AvgIpc) is 3.30. The standard InChI is InChI=1S/C19H15BrN6O2S2/c1-10-23-24-19-26(10)25-17(30-19)12-5-3-4-6-14(12)21-18(29)22-16(27)13-9-11(20)7-8-15(13)28-2/h3-9H,1-2H3,(H2,21,22,27,29). The van der Waals surface area contributed by atoms with Gasteiger partial charge in [0.25, 0.3) is 5.91 Å². The molecule has 2 aromatic heterocycles. The van der Waals surface area contributed by atoms with Gasteiger partial charge in [-0.2, -0.15) is 9.61 Å². The summed E-state index contributed by atoms with van der Waals surface area (Å²) in [7, 11) is 1.51. The maximum Gasteiger partial charge on any atom is 0.261 e. The molecule has 0 fully saturated rings. The maximum absolute atomic E-state index is 12.7. The fourth-order valence-electron chi connectivity index (χ4n) is 2.78. The number of aromatic nitrogens is 4. The van der Waals surface area contributed by atoms with E-state index < -0.39 is 0 Å². The Balaban J connectivity index is 1.56. The first-order valence-corrected chi connectivity index (χ1v) is 10.7. The molecule has 30 heavy (non-hydrogen) atoms. The third-order valence-electron chi connectivity index (χ3n) is 4.19. The molecular weight excluding hydrogens is 488 g/mol. The Morgan fingerprint density at radius 3 is 2.80 bits per heavy atom. The minimum absolute atomic E-state index is 0.161. The molecule has 0 saturated heterocycles. The predicted molar refractivity (Wildman–Crippen MR) is 123 cm³/mol. The van der Waals surface area contributed by atoms with E-state index in [1.807, 2.05) is 31.2 Å². The summed E-state index contributed by atoms with van der Waals surface area (Å²) in [5, 5.41) is 19.4. The highest BCUT2D eigenvalue weighted by Crippen LogP contribution is 2.31. The van der Waals surface area contributed by atoms with Crippen molar-refractivity contribution in [3.8, 4) is 16.3 Å². The third-order valence-corrected chi connectivity index (χ3v) is 5.82. The van der Waals surface area contributed by atoms with Gasteiger partial charge in [0.05, 0.1) is 18.4 Å². The number of anilines is 1. The number of methoxy groups -OCH3 is 1. The molecule has 2 heterocycles. The van der Waals surface area contributed by atoms with Crippen molar-refractivity contribution in [3.63, 3.8) is 0 Å². The number of rotatable bonds is 4. The van der Waals surface area contributed by atoms with E-state index in [-0.39, 0.29) is 11.0 Å². The van der Waals surface area contributed by atoms with Crippen LogP contribution in [-0.4, -0.2) is 37.9 Å². The highest BCUT2D eigenvalue weighted by molar-refractivity contribution is 9.10. The molecular formula is C19H15BrN6O2S2. The van der Waals surface area contributed by atoms with Crippen molar-refractivity contribution in [1.82, 2.24) is 25.1 Å². The van der Waals surface area contributed by atoms with Crippen LogP contribution in [0.15, 0.2) is 46.9 Å². The van der Waals surface area contributed by atoms with Crippen LogP contribution in [0.1, 0.15) is 16.2 Å². The van der Waals surface area contributed by atoms with Crippen LogP contribution in [0.2, 0.25) is 0 Å². The number of benzene rings is 2. The van der Waals surface area contributed by atoms with Gasteiger partial charge in [-0.1, -0.05) is 39.4 Å². The second kappa shape index (κ2) is 8.46. The monoisotopic (exact) mass is 502 g/mol. The third kappa shape index (κ3) is 4.04. The average molecular weight is 503 g/mol. The summed E-state index contributed by atoms with van der Waals surface area (Å²) < 4.78 is 7.71. The molecule has 4 rings (SSSR count). The number of carbonyl (C=O) groups excluding carboxylic acids is 1. The normalized spacial score (nSPS) is 10.8. The van der Waals surface area contributed by atoms with Crippen LogP contribution >= 0.6 is 39.5 Å². The summed E-state index contributed by atoms with van der Waals surface area (Å²) in [6, 6.07) is 12.7. The molecule has 4 aromatic rings. The number of thiocarbonyl (C=S) groups is 1. The molecule has 0 aliphatic rings. The largest absolute Gasteiger partial charge is 0.496 e. The number of amides is 1. The van der Waals surface area contributed by atoms with Crippen LogP contribution in [-0.2, 0) is 0 Å². The van der Waals surface area contributed by atoms with E-state index in [0.29, 0.717) is 27.8 Å². The van der Waals surface area contributed by atoms with Crippen LogP contribution in [0.4, 0.5) is 5.69 Å². The van der Waals surface area contributed by atoms with Crippen molar-refractivity contribution in [3.05, 3.63) is 58.3 Å². The summed E-state index contributed by atoms with van der Waals surface area (Å²) in [6.45, 7) is 1.84. The molecule has 2 aromatic carbocycles. The van der Waals surface area contributed by atoms with E-state index in [2.05, 4.69) is 41.9 Å². The number of ether oxygens (including phenoxy) is 1. The smallest absolute Gasteiger partial charge is 0.261 e. The van der Waals surface area contributed by atoms with Crippen LogP contribution in [0.3, 0.4) is 0 Å². The van der Waals surface area contributed by atoms with E-state index in [0.717, 1.165) is 15.0 Å². The minimum atomic E-state index is -0.377. The first kappa shape index (κ1) is 20.4. The van der Waals surface area contributed by atoms with Gasteiger partial charge in [-0.25, -0.2) is 0 Å². The summed E-state index contributed by atoms with van der Waals surface area (Å²) in [5.74, 6) is 0.787. The molecule has 2 N–H and O–H groups in total. The molecule has 0 aliphatic heterocycles. The van der Waals surface area contributed by atoms with Crippen molar-refractivity contribution >= 4 is 61.2 Å². The quantitative estimate of drug-likeness (QED) is 0.406. The number of carbonyl (C=O) groups is 1. The van der Waals surface area contributed by atoms with Crippen molar-refractivity contribution in [2.24, 2.45) is 0 Å². The number of hydrogen-bond donors (Lipinski definition) is 2. The Morgan fingerprint density at radius 1 is 1.23 bits per heavy atom. The zero-order valence-corrected chi connectivity index (χ0v) is 19.1. The van der Waals surface area contributed by atoms with E-state index >= 15 is 0 Å². The van der Waals surface area contributed by atoms with Crippen LogP contribution in [0, 0.1) is 6.92 Å². The van der Waals surface area contributed by atoms with E-state index in [9.17, 15) is 4.79 Å². The van der Waals surface area contributed by atoms with Gasteiger partial charge in [0.2, 0.25) is 4.96 Å². The van der Waals surface area contributed by atoms with E-state index in [1.54, 1.807) is 22.7 Å². The Bertz CT molecular complexity index is 1270. The van der Waals surface area contributed by atoms with Crippen LogP contribution in [0.5, 0.6) is 5.75 Å².